The molecule has 1 aromatic carbocycles. The van der Waals surface area contributed by atoms with Crippen molar-refractivity contribution in [2.24, 2.45) is 11.8 Å². The predicted octanol–water partition coefficient (Wildman–Crippen LogP) is 3.09. The summed E-state index contributed by atoms with van der Waals surface area (Å²) in [5.74, 6) is -1.07. The minimum absolute atomic E-state index is 0.271. The standard InChI is InChI=1S/C15H15FN2O3/c1-8-5-11(12(6-8)15(19)20)14-17-13(18-21-14)9-3-2-4-10(16)7-9/h2-4,7-8,11-12H,5-6H2,1H3,(H,19,20). The van der Waals surface area contributed by atoms with Crippen molar-refractivity contribution in [3.05, 3.63) is 36.0 Å². The molecule has 1 saturated carbocycles. The molecule has 0 amide bonds. The van der Waals surface area contributed by atoms with Crippen LogP contribution in [0.25, 0.3) is 11.4 Å². The summed E-state index contributed by atoms with van der Waals surface area (Å²) in [5.41, 5.74) is 0.517. The Morgan fingerprint density at radius 1 is 1.43 bits per heavy atom. The summed E-state index contributed by atoms with van der Waals surface area (Å²) in [4.78, 5) is 15.6. The number of aromatic nitrogens is 2. The van der Waals surface area contributed by atoms with Crippen LogP contribution in [0.1, 0.15) is 31.6 Å². The number of hydrogen-bond donors (Lipinski definition) is 1. The second-order valence-corrected chi connectivity index (χ2v) is 5.59. The number of carbonyl (C=O) groups is 1. The van der Waals surface area contributed by atoms with Gasteiger partial charge in [-0.1, -0.05) is 24.2 Å². The van der Waals surface area contributed by atoms with Crippen molar-refractivity contribution in [2.45, 2.75) is 25.7 Å². The number of carboxylic acids is 1. The summed E-state index contributed by atoms with van der Waals surface area (Å²) in [6.07, 6.45) is 1.32. The molecule has 0 aliphatic heterocycles. The number of benzene rings is 1. The largest absolute Gasteiger partial charge is 0.481 e. The van der Waals surface area contributed by atoms with Crippen molar-refractivity contribution >= 4 is 5.97 Å². The molecule has 5 nitrogen and oxygen atoms in total. The molecule has 1 aliphatic carbocycles. The van der Waals surface area contributed by atoms with Gasteiger partial charge in [-0.3, -0.25) is 4.79 Å². The number of hydrogen-bond acceptors (Lipinski definition) is 4. The lowest BCUT2D eigenvalue weighted by atomic mass is 9.96. The van der Waals surface area contributed by atoms with Crippen molar-refractivity contribution in [3.8, 4) is 11.4 Å². The Labute approximate surface area is 120 Å². The second-order valence-electron chi connectivity index (χ2n) is 5.59. The Balaban J connectivity index is 1.89. The zero-order valence-electron chi connectivity index (χ0n) is 11.5. The molecule has 3 rings (SSSR count). The van der Waals surface area contributed by atoms with Crippen LogP contribution in [0, 0.1) is 17.7 Å². The van der Waals surface area contributed by atoms with E-state index in [-0.39, 0.29) is 17.6 Å². The highest BCUT2D eigenvalue weighted by Gasteiger charge is 2.41. The molecule has 0 radical (unpaired) electrons. The van der Waals surface area contributed by atoms with E-state index >= 15 is 0 Å². The van der Waals surface area contributed by atoms with Gasteiger partial charge in [0.25, 0.3) is 0 Å². The molecule has 3 atom stereocenters. The fourth-order valence-corrected chi connectivity index (χ4v) is 2.97. The Morgan fingerprint density at radius 3 is 2.95 bits per heavy atom. The highest BCUT2D eigenvalue weighted by atomic mass is 19.1. The molecule has 110 valence electrons. The van der Waals surface area contributed by atoms with Gasteiger partial charge in [-0.2, -0.15) is 4.98 Å². The average molecular weight is 290 g/mol. The SMILES string of the molecule is CC1CC(C(=O)O)C(c2nc(-c3cccc(F)c3)no2)C1. The summed E-state index contributed by atoms with van der Waals surface area (Å²) >= 11 is 0. The third-order valence-corrected chi connectivity index (χ3v) is 3.96. The first-order chi connectivity index (χ1) is 10.0. The van der Waals surface area contributed by atoms with Gasteiger partial charge in [0.15, 0.2) is 0 Å². The van der Waals surface area contributed by atoms with Gasteiger partial charge in [-0.15, -0.1) is 0 Å². The van der Waals surface area contributed by atoms with E-state index in [1.54, 1.807) is 12.1 Å². The number of rotatable bonds is 3. The smallest absolute Gasteiger partial charge is 0.307 e. The van der Waals surface area contributed by atoms with Crippen LogP contribution in [-0.4, -0.2) is 21.2 Å². The summed E-state index contributed by atoms with van der Waals surface area (Å²) in [7, 11) is 0. The molecule has 1 N–H and O–H groups in total. The predicted molar refractivity (Wildman–Crippen MR) is 72.0 cm³/mol. The van der Waals surface area contributed by atoms with E-state index in [9.17, 15) is 14.3 Å². The highest BCUT2D eigenvalue weighted by Crippen LogP contribution is 2.42. The average Bonchev–Trinajstić information content (AvgIpc) is 3.04. The van der Waals surface area contributed by atoms with Gasteiger partial charge in [0, 0.05) is 5.56 Å². The van der Waals surface area contributed by atoms with E-state index in [2.05, 4.69) is 10.1 Å². The molecule has 6 heteroatoms. The van der Waals surface area contributed by atoms with Gasteiger partial charge in [0.2, 0.25) is 11.7 Å². The lowest BCUT2D eigenvalue weighted by Crippen LogP contribution is -2.17. The minimum Gasteiger partial charge on any atom is -0.481 e. The molecule has 1 fully saturated rings. The van der Waals surface area contributed by atoms with E-state index in [1.165, 1.54) is 12.1 Å². The number of aliphatic carboxylic acids is 1. The minimum atomic E-state index is -0.838. The molecule has 3 unspecified atom stereocenters. The first kappa shape index (κ1) is 13.7. The maximum atomic E-state index is 13.2. The van der Waals surface area contributed by atoms with Crippen LogP contribution >= 0.6 is 0 Å². The van der Waals surface area contributed by atoms with E-state index in [0.717, 1.165) is 0 Å². The van der Waals surface area contributed by atoms with Crippen molar-refractivity contribution < 1.29 is 18.8 Å². The van der Waals surface area contributed by atoms with Crippen molar-refractivity contribution in [1.82, 2.24) is 10.1 Å². The lowest BCUT2D eigenvalue weighted by molar-refractivity contribution is -0.142. The monoisotopic (exact) mass is 290 g/mol. The summed E-state index contributed by atoms with van der Waals surface area (Å²) < 4.78 is 18.4. The molecule has 0 bridgehead atoms. The molecule has 21 heavy (non-hydrogen) atoms. The van der Waals surface area contributed by atoms with Crippen LogP contribution in [0.5, 0.6) is 0 Å². The molecular weight excluding hydrogens is 275 g/mol. The van der Waals surface area contributed by atoms with Gasteiger partial charge >= 0.3 is 5.97 Å². The first-order valence-electron chi connectivity index (χ1n) is 6.87. The fraction of sp³-hybridized carbons (Fsp3) is 0.400. The Hall–Kier alpha value is -2.24. The van der Waals surface area contributed by atoms with Crippen LogP contribution in [0.2, 0.25) is 0 Å². The highest BCUT2D eigenvalue weighted by molar-refractivity contribution is 5.71. The molecule has 0 saturated heterocycles. The van der Waals surface area contributed by atoms with Gasteiger partial charge in [0.1, 0.15) is 5.82 Å². The molecule has 1 aliphatic rings. The normalized spacial score (nSPS) is 25.1. The molecule has 0 spiro atoms. The summed E-state index contributed by atoms with van der Waals surface area (Å²) in [6, 6.07) is 5.91. The zero-order valence-corrected chi connectivity index (χ0v) is 11.5. The second kappa shape index (κ2) is 5.27. The Morgan fingerprint density at radius 2 is 2.24 bits per heavy atom. The number of carboxylic acid groups (broad SMARTS) is 1. The maximum absolute atomic E-state index is 13.2. The lowest BCUT2D eigenvalue weighted by Gasteiger charge is -2.09. The number of nitrogens with zero attached hydrogens (tertiary/aromatic N) is 2. The van der Waals surface area contributed by atoms with Crippen LogP contribution in [0.4, 0.5) is 4.39 Å². The third-order valence-electron chi connectivity index (χ3n) is 3.96. The quantitative estimate of drug-likeness (QED) is 0.940. The van der Waals surface area contributed by atoms with E-state index in [4.69, 9.17) is 4.52 Å². The third kappa shape index (κ3) is 2.66. The maximum Gasteiger partial charge on any atom is 0.307 e. The van der Waals surface area contributed by atoms with Crippen molar-refractivity contribution in [1.29, 1.82) is 0 Å². The molecule has 1 heterocycles. The van der Waals surface area contributed by atoms with E-state index in [0.29, 0.717) is 30.2 Å². The zero-order chi connectivity index (χ0) is 15.0. The van der Waals surface area contributed by atoms with Gasteiger partial charge in [0.05, 0.1) is 11.8 Å². The van der Waals surface area contributed by atoms with Crippen LogP contribution < -0.4 is 0 Å². The van der Waals surface area contributed by atoms with Crippen LogP contribution in [-0.2, 0) is 4.79 Å². The first-order valence-corrected chi connectivity index (χ1v) is 6.87. The fourth-order valence-electron chi connectivity index (χ4n) is 2.97. The Bertz CT molecular complexity index is 670. The van der Waals surface area contributed by atoms with Gasteiger partial charge < -0.3 is 9.63 Å². The molecule has 1 aromatic heterocycles. The molecular formula is C15H15FN2O3. The van der Waals surface area contributed by atoms with Crippen LogP contribution in [0.15, 0.2) is 28.8 Å². The number of halogens is 1. The van der Waals surface area contributed by atoms with Crippen molar-refractivity contribution in [2.75, 3.05) is 0 Å². The van der Waals surface area contributed by atoms with E-state index < -0.39 is 11.9 Å². The topological polar surface area (TPSA) is 76.2 Å². The molecule has 2 aromatic rings. The van der Waals surface area contributed by atoms with E-state index in [1.807, 2.05) is 6.92 Å². The van der Waals surface area contributed by atoms with Crippen LogP contribution in [0.3, 0.4) is 0 Å². The summed E-state index contributed by atoms with van der Waals surface area (Å²) in [6.45, 7) is 2.01. The summed E-state index contributed by atoms with van der Waals surface area (Å²) in [5, 5.41) is 13.1. The van der Waals surface area contributed by atoms with Gasteiger partial charge in [-0.25, -0.2) is 4.39 Å². The van der Waals surface area contributed by atoms with Crippen molar-refractivity contribution in [3.63, 3.8) is 0 Å². The Kier molecular flexibility index (Phi) is 3.45. The van der Waals surface area contributed by atoms with Gasteiger partial charge in [-0.05, 0) is 30.9 Å².